The molecule has 2 aromatic carbocycles. The molecule has 0 aliphatic carbocycles. The standard InChI is InChI=1S/C20H17N5O2/c1-25-18(13-8-10-15(27-2)11-9-13)23-16-17(21-12-22-19(16)25)24-20(26)14-6-4-3-5-7-14/h3-12H,1-2H3,(H,21,22,24,26). The number of methoxy groups -OCH3 is 1. The summed E-state index contributed by atoms with van der Waals surface area (Å²) in [6.07, 6.45) is 1.42. The molecule has 0 spiro atoms. The molecule has 0 saturated carbocycles. The zero-order valence-corrected chi connectivity index (χ0v) is 14.9. The first-order valence-electron chi connectivity index (χ1n) is 8.35. The van der Waals surface area contributed by atoms with Crippen LogP contribution in [0.15, 0.2) is 60.9 Å². The Morgan fingerprint density at radius 1 is 1.04 bits per heavy atom. The Morgan fingerprint density at radius 2 is 1.78 bits per heavy atom. The predicted molar refractivity (Wildman–Crippen MR) is 103 cm³/mol. The Kier molecular flexibility index (Phi) is 4.25. The van der Waals surface area contributed by atoms with Crippen molar-refractivity contribution in [2.24, 2.45) is 7.05 Å². The molecule has 1 amide bonds. The Morgan fingerprint density at radius 3 is 2.48 bits per heavy atom. The van der Waals surface area contributed by atoms with Crippen molar-refractivity contribution in [1.29, 1.82) is 0 Å². The molecule has 134 valence electrons. The lowest BCUT2D eigenvalue weighted by Crippen LogP contribution is -2.13. The normalized spacial score (nSPS) is 10.7. The zero-order valence-electron chi connectivity index (χ0n) is 14.9. The Bertz CT molecular complexity index is 1100. The average molecular weight is 359 g/mol. The Balaban J connectivity index is 1.74. The summed E-state index contributed by atoms with van der Waals surface area (Å²) in [6.45, 7) is 0. The largest absolute Gasteiger partial charge is 0.497 e. The lowest BCUT2D eigenvalue weighted by atomic mass is 10.2. The molecule has 1 N–H and O–H groups in total. The second-order valence-corrected chi connectivity index (χ2v) is 5.94. The van der Waals surface area contributed by atoms with Crippen LogP contribution in [0, 0.1) is 0 Å². The van der Waals surface area contributed by atoms with E-state index < -0.39 is 0 Å². The van der Waals surface area contributed by atoms with Crippen LogP contribution in [0.5, 0.6) is 5.75 Å². The van der Waals surface area contributed by atoms with Gasteiger partial charge in [-0.25, -0.2) is 15.0 Å². The van der Waals surface area contributed by atoms with Crippen molar-refractivity contribution in [3.63, 3.8) is 0 Å². The molecule has 7 nitrogen and oxygen atoms in total. The van der Waals surface area contributed by atoms with Crippen molar-refractivity contribution in [3.05, 3.63) is 66.5 Å². The topological polar surface area (TPSA) is 81.9 Å². The molecule has 2 heterocycles. The number of carbonyl (C=O) groups excluding carboxylic acids is 1. The van der Waals surface area contributed by atoms with Crippen LogP contribution in [0.4, 0.5) is 5.82 Å². The number of aryl methyl sites for hydroxylation is 1. The highest BCUT2D eigenvalue weighted by atomic mass is 16.5. The van der Waals surface area contributed by atoms with Crippen molar-refractivity contribution in [2.45, 2.75) is 0 Å². The van der Waals surface area contributed by atoms with Crippen LogP contribution in [-0.2, 0) is 7.05 Å². The number of imidazole rings is 1. The second kappa shape index (κ2) is 6.87. The number of anilines is 1. The van der Waals surface area contributed by atoms with Crippen molar-refractivity contribution in [1.82, 2.24) is 19.5 Å². The van der Waals surface area contributed by atoms with Crippen molar-refractivity contribution in [3.8, 4) is 17.1 Å². The van der Waals surface area contributed by atoms with Crippen molar-refractivity contribution >= 4 is 22.9 Å². The fourth-order valence-electron chi connectivity index (χ4n) is 2.86. The first kappa shape index (κ1) is 16.7. The van der Waals surface area contributed by atoms with Gasteiger partial charge in [0, 0.05) is 18.2 Å². The number of carbonyl (C=O) groups is 1. The van der Waals surface area contributed by atoms with Gasteiger partial charge in [0.1, 0.15) is 17.9 Å². The minimum Gasteiger partial charge on any atom is -0.497 e. The van der Waals surface area contributed by atoms with Gasteiger partial charge < -0.3 is 14.6 Å². The number of aromatic nitrogens is 4. The smallest absolute Gasteiger partial charge is 0.256 e. The molecule has 7 heteroatoms. The first-order valence-corrected chi connectivity index (χ1v) is 8.35. The van der Waals surface area contributed by atoms with E-state index in [0.717, 1.165) is 17.1 Å². The first-order chi connectivity index (χ1) is 13.2. The number of hydrogen-bond acceptors (Lipinski definition) is 5. The predicted octanol–water partition coefficient (Wildman–Crippen LogP) is 3.29. The van der Waals surface area contributed by atoms with Gasteiger partial charge in [-0.2, -0.15) is 0 Å². The lowest BCUT2D eigenvalue weighted by molar-refractivity contribution is 0.102. The van der Waals surface area contributed by atoms with E-state index >= 15 is 0 Å². The van der Waals surface area contributed by atoms with Gasteiger partial charge in [0.05, 0.1) is 7.11 Å². The number of benzene rings is 2. The third kappa shape index (κ3) is 3.10. The van der Waals surface area contributed by atoms with E-state index in [1.54, 1.807) is 19.2 Å². The summed E-state index contributed by atoms with van der Waals surface area (Å²) in [4.78, 5) is 25.7. The van der Waals surface area contributed by atoms with Crippen LogP contribution in [0.2, 0.25) is 0 Å². The van der Waals surface area contributed by atoms with Gasteiger partial charge in [-0.05, 0) is 36.4 Å². The molecule has 4 rings (SSSR count). The summed E-state index contributed by atoms with van der Waals surface area (Å²) < 4.78 is 7.07. The minimum absolute atomic E-state index is 0.243. The summed E-state index contributed by atoms with van der Waals surface area (Å²) in [7, 11) is 3.51. The molecule has 2 aromatic heterocycles. The summed E-state index contributed by atoms with van der Waals surface area (Å²) >= 11 is 0. The van der Waals surface area contributed by atoms with Gasteiger partial charge in [0.15, 0.2) is 17.0 Å². The quantitative estimate of drug-likeness (QED) is 0.605. The number of hydrogen-bond donors (Lipinski definition) is 1. The van der Waals surface area contributed by atoms with Crippen LogP contribution in [0.3, 0.4) is 0 Å². The maximum Gasteiger partial charge on any atom is 0.256 e. The van der Waals surface area contributed by atoms with Gasteiger partial charge in [-0.15, -0.1) is 0 Å². The molecule has 0 radical (unpaired) electrons. The summed E-state index contributed by atoms with van der Waals surface area (Å²) in [6, 6.07) is 16.6. The molecule has 0 saturated heterocycles. The van der Waals surface area contributed by atoms with E-state index in [0.29, 0.717) is 22.5 Å². The molecular weight excluding hydrogens is 342 g/mol. The van der Waals surface area contributed by atoms with Crippen LogP contribution >= 0.6 is 0 Å². The lowest BCUT2D eigenvalue weighted by Gasteiger charge is -2.04. The molecule has 0 fully saturated rings. The van der Waals surface area contributed by atoms with Crippen molar-refractivity contribution < 1.29 is 9.53 Å². The fourth-order valence-corrected chi connectivity index (χ4v) is 2.86. The van der Waals surface area contributed by atoms with Crippen LogP contribution < -0.4 is 10.1 Å². The maximum absolute atomic E-state index is 12.5. The monoisotopic (exact) mass is 359 g/mol. The molecule has 0 atom stereocenters. The number of fused-ring (bicyclic) bond motifs is 1. The highest BCUT2D eigenvalue weighted by molar-refractivity contribution is 6.06. The minimum atomic E-state index is -0.243. The maximum atomic E-state index is 12.5. The van der Waals surface area contributed by atoms with Crippen LogP contribution in [0.1, 0.15) is 10.4 Å². The highest BCUT2D eigenvalue weighted by Gasteiger charge is 2.17. The van der Waals surface area contributed by atoms with E-state index in [2.05, 4.69) is 20.3 Å². The Labute approximate surface area is 155 Å². The number of nitrogens with zero attached hydrogens (tertiary/aromatic N) is 4. The van der Waals surface area contributed by atoms with Crippen molar-refractivity contribution in [2.75, 3.05) is 12.4 Å². The second-order valence-electron chi connectivity index (χ2n) is 5.94. The number of rotatable bonds is 4. The van der Waals surface area contributed by atoms with Crippen LogP contribution in [0.25, 0.3) is 22.6 Å². The zero-order chi connectivity index (χ0) is 18.8. The summed E-state index contributed by atoms with van der Waals surface area (Å²) in [5.74, 6) is 1.63. The average Bonchev–Trinajstić information content (AvgIpc) is 3.06. The Hall–Kier alpha value is -3.74. The number of amides is 1. The third-order valence-corrected chi connectivity index (χ3v) is 4.27. The van der Waals surface area contributed by atoms with Gasteiger partial charge in [-0.1, -0.05) is 18.2 Å². The van der Waals surface area contributed by atoms with E-state index in [9.17, 15) is 4.79 Å². The van der Waals surface area contributed by atoms with E-state index in [1.165, 1.54) is 6.33 Å². The van der Waals surface area contributed by atoms with Gasteiger partial charge in [-0.3, -0.25) is 4.79 Å². The van der Waals surface area contributed by atoms with Gasteiger partial charge in [0.25, 0.3) is 5.91 Å². The van der Waals surface area contributed by atoms with Gasteiger partial charge >= 0.3 is 0 Å². The van der Waals surface area contributed by atoms with E-state index in [-0.39, 0.29) is 5.91 Å². The highest BCUT2D eigenvalue weighted by Crippen LogP contribution is 2.27. The van der Waals surface area contributed by atoms with Crippen LogP contribution in [-0.4, -0.2) is 32.5 Å². The SMILES string of the molecule is COc1ccc(-c2nc3c(NC(=O)c4ccccc4)ncnc3n2C)cc1. The fraction of sp³-hybridized carbons (Fsp3) is 0.100. The molecular formula is C20H17N5O2. The summed E-state index contributed by atoms with van der Waals surface area (Å²) in [5, 5.41) is 2.83. The summed E-state index contributed by atoms with van der Waals surface area (Å²) in [5.41, 5.74) is 2.64. The molecule has 0 unspecified atom stereocenters. The molecule has 0 bridgehead atoms. The third-order valence-electron chi connectivity index (χ3n) is 4.27. The van der Waals surface area contributed by atoms with Gasteiger partial charge in [0.2, 0.25) is 0 Å². The molecule has 4 aromatic rings. The number of ether oxygens (including phenoxy) is 1. The molecule has 0 aliphatic rings. The van der Waals surface area contributed by atoms with E-state index in [4.69, 9.17) is 4.74 Å². The number of nitrogens with one attached hydrogen (secondary N) is 1. The van der Waals surface area contributed by atoms with E-state index in [1.807, 2.05) is 54.1 Å². The molecule has 27 heavy (non-hydrogen) atoms. The molecule has 0 aliphatic heterocycles.